The van der Waals surface area contributed by atoms with E-state index in [1.807, 2.05) is 42.5 Å². The highest BCUT2D eigenvalue weighted by molar-refractivity contribution is 5.72. The zero-order valence-electron chi connectivity index (χ0n) is 12.2. The summed E-state index contributed by atoms with van der Waals surface area (Å²) in [5.41, 5.74) is 8.47. The van der Waals surface area contributed by atoms with Crippen LogP contribution in [0.1, 0.15) is 26.7 Å². The van der Waals surface area contributed by atoms with Gasteiger partial charge in [0.2, 0.25) is 5.88 Å². The SMILES string of the molecule is CC(C)CCCOc1ccc(N)c(-c2ccccc2)n1. The minimum Gasteiger partial charge on any atom is -0.478 e. The number of benzene rings is 1. The lowest BCUT2D eigenvalue weighted by atomic mass is 10.1. The van der Waals surface area contributed by atoms with E-state index in [0.29, 0.717) is 24.1 Å². The fourth-order valence-corrected chi connectivity index (χ4v) is 2.03. The molecule has 0 radical (unpaired) electrons. The molecule has 0 bridgehead atoms. The van der Waals surface area contributed by atoms with Gasteiger partial charge in [-0.05, 0) is 24.8 Å². The Morgan fingerprint density at radius 3 is 2.55 bits per heavy atom. The fourth-order valence-electron chi connectivity index (χ4n) is 2.03. The molecule has 0 atom stereocenters. The smallest absolute Gasteiger partial charge is 0.213 e. The topological polar surface area (TPSA) is 48.1 Å². The maximum absolute atomic E-state index is 6.00. The van der Waals surface area contributed by atoms with Crippen molar-refractivity contribution < 1.29 is 4.74 Å². The van der Waals surface area contributed by atoms with Gasteiger partial charge in [-0.2, -0.15) is 0 Å². The van der Waals surface area contributed by atoms with Crippen molar-refractivity contribution in [2.75, 3.05) is 12.3 Å². The van der Waals surface area contributed by atoms with E-state index in [1.54, 1.807) is 0 Å². The Kier molecular flexibility index (Phi) is 4.99. The third-order valence-corrected chi connectivity index (χ3v) is 3.12. The molecule has 0 aliphatic heterocycles. The molecule has 0 fully saturated rings. The predicted octanol–water partition coefficient (Wildman–Crippen LogP) is 4.15. The molecule has 3 heteroatoms. The van der Waals surface area contributed by atoms with Crippen LogP contribution in [-0.4, -0.2) is 11.6 Å². The lowest BCUT2D eigenvalue weighted by Gasteiger charge is -2.10. The highest BCUT2D eigenvalue weighted by Crippen LogP contribution is 2.25. The first kappa shape index (κ1) is 14.4. The van der Waals surface area contributed by atoms with Crippen molar-refractivity contribution in [1.29, 1.82) is 0 Å². The van der Waals surface area contributed by atoms with Crippen LogP contribution in [0.4, 0.5) is 5.69 Å². The molecular weight excluding hydrogens is 248 g/mol. The monoisotopic (exact) mass is 270 g/mol. The van der Waals surface area contributed by atoms with Gasteiger partial charge in [-0.3, -0.25) is 0 Å². The molecule has 2 aromatic rings. The Morgan fingerprint density at radius 1 is 1.10 bits per heavy atom. The molecule has 0 amide bonds. The summed E-state index contributed by atoms with van der Waals surface area (Å²) in [7, 11) is 0. The lowest BCUT2D eigenvalue weighted by Crippen LogP contribution is -2.02. The molecule has 0 aliphatic carbocycles. The Morgan fingerprint density at radius 2 is 1.85 bits per heavy atom. The number of hydrogen-bond donors (Lipinski definition) is 1. The summed E-state index contributed by atoms with van der Waals surface area (Å²) < 4.78 is 5.71. The third kappa shape index (κ3) is 3.98. The number of nitrogens with two attached hydrogens (primary N) is 1. The Bertz CT molecular complexity index is 538. The van der Waals surface area contributed by atoms with Crippen LogP contribution in [0.5, 0.6) is 5.88 Å². The number of ether oxygens (including phenoxy) is 1. The zero-order chi connectivity index (χ0) is 14.4. The van der Waals surface area contributed by atoms with Crippen molar-refractivity contribution in [3.05, 3.63) is 42.5 Å². The van der Waals surface area contributed by atoms with Crippen LogP contribution in [-0.2, 0) is 0 Å². The van der Waals surface area contributed by atoms with Gasteiger partial charge in [0, 0.05) is 11.6 Å². The van der Waals surface area contributed by atoms with E-state index in [2.05, 4.69) is 18.8 Å². The first-order valence-electron chi connectivity index (χ1n) is 7.11. The molecule has 0 aliphatic rings. The van der Waals surface area contributed by atoms with Crippen LogP contribution >= 0.6 is 0 Å². The molecule has 1 aromatic carbocycles. The Labute approximate surface area is 120 Å². The van der Waals surface area contributed by atoms with Crippen molar-refractivity contribution in [2.45, 2.75) is 26.7 Å². The summed E-state index contributed by atoms with van der Waals surface area (Å²) in [5, 5.41) is 0. The van der Waals surface area contributed by atoms with Gasteiger partial charge in [-0.1, -0.05) is 44.2 Å². The summed E-state index contributed by atoms with van der Waals surface area (Å²) in [4.78, 5) is 4.51. The fraction of sp³-hybridized carbons (Fsp3) is 0.353. The minimum absolute atomic E-state index is 0.641. The first-order chi connectivity index (χ1) is 9.66. The van der Waals surface area contributed by atoms with Gasteiger partial charge in [-0.15, -0.1) is 0 Å². The zero-order valence-corrected chi connectivity index (χ0v) is 12.2. The highest BCUT2D eigenvalue weighted by atomic mass is 16.5. The number of nitrogen functional groups attached to an aromatic ring is 1. The highest BCUT2D eigenvalue weighted by Gasteiger charge is 2.06. The van der Waals surface area contributed by atoms with Crippen LogP contribution in [0, 0.1) is 5.92 Å². The van der Waals surface area contributed by atoms with E-state index < -0.39 is 0 Å². The third-order valence-electron chi connectivity index (χ3n) is 3.12. The number of anilines is 1. The quantitative estimate of drug-likeness (QED) is 0.802. The van der Waals surface area contributed by atoms with Crippen molar-refractivity contribution in [2.24, 2.45) is 5.92 Å². The van der Waals surface area contributed by atoms with Gasteiger partial charge >= 0.3 is 0 Å². The van der Waals surface area contributed by atoms with Gasteiger partial charge in [0.25, 0.3) is 0 Å². The standard InChI is InChI=1S/C17H22N2O/c1-13(2)7-6-12-20-16-11-10-15(18)17(19-16)14-8-4-3-5-9-14/h3-5,8-11,13H,6-7,12,18H2,1-2H3. The van der Waals surface area contributed by atoms with Gasteiger partial charge in [-0.25, -0.2) is 4.98 Å². The van der Waals surface area contributed by atoms with Crippen LogP contribution in [0.2, 0.25) is 0 Å². The number of pyridine rings is 1. The Balaban J connectivity index is 2.05. The normalized spacial score (nSPS) is 10.8. The van der Waals surface area contributed by atoms with E-state index in [1.165, 1.54) is 6.42 Å². The van der Waals surface area contributed by atoms with E-state index in [4.69, 9.17) is 10.5 Å². The van der Waals surface area contributed by atoms with E-state index in [9.17, 15) is 0 Å². The van der Waals surface area contributed by atoms with E-state index >= 15 is 0 Å². The lowest BCUT2D eigenvalue weighted by molar-refractivity contribution is 0.287. The van der Waals surface area contributed by atoms with Crippen LogP contribution in [0.3, 0.4) is 0 Å². The molecule has 2 N–H and O–H groups in total. The molecular formula is C17H22N2O. The summed E-state index contributed by atoms with van der Waals surface area (Å²) in [6.45, 7) is 5.13. The maximum atomic E-state index is 6.00. The van der Waals surface area contributed by atoms with Crippen LogP contribution in [0.25, 0.3) is 11.3 Å². The second kappa shape index (κ2) is 6.94. The van der Waals surface area contributed by atoms with Crippen LogP contribution < -0.4 is 10.5 Å². The van der Waals surface area contributed by atoms with Crippen LogP contribution in [0.15, 0.2) is 42.5 Å². The van der Waals surface area contributed by atoms with Crippen molar-refractivity contribution in [3.63, 3.8) is 0 Å². The number of hydrogen-bond acceptors (Lipinski definition) is 3. The molecule has 20 heavy (non-hydrogen) atoms. The summed E-state index contributed by atoms with van der Waals surface area (Å²) in [6, 6.07) is 13.6. The first-order valence-corrected chi connectivity index (χ1v) is 7.11. The minimum atomic E-state index is 0.641. The average Bonchev–Trinajstić information content (AvgIpc) is 2.46. The van der Waals surface area contributed by atoms with Crippen molar-refractivity contribution in [1.82, 2.24) is 4.98 Å². The second-order valence-electron chi connectivity index (χ2n) is 5.34. The van der Waals surface area contributed by atoms with Gasteiger partial charge in [0.15, 0.2) is 0 Å². The molecule has 0 saturated carbocycles. The largest absolute Gasteiger partial charge is 0.478 e. The summed E-state index contributed by atoms with van der Waals surface area (Å²) in [6.07, 6.45) is 2.21. The summed E-state index contributed by atoms with van der Waals surface area (Å²) >= 11 is 0. The number of nitrogens with zero attached hydrogens (tertiary/aromatic N) is 1. The maximum Gasteiger partial charge on any atom is 0.213 e. The molecule has 1 aromatic heterocycles. The molecule has 106 valence electrons. The predicted molar refractivity (Wildman–Crippen MR) is 83.7 cm³/mol. The number of rotatable bonds is 6. The average molecular weight is 270 g/mol. The molecule has 2 rings (SSSR count). The van der Waals surface area contributed by atoms with Gasteiger partial charge in [0.1, 0.15) is 0 Å². The number of aromatic nitrogens is 1. The van der Waals surface area contributed by atoms with Crippen molar-refractivity contribution in [3.8, 4) is 17.1 Å². The van der Waals surface area contributed by atoms with Crippen molar-refractivity contribution >= 4 is 5.69 Å². The molecule has 0 unspecified atom stereocenters. The molecule has 3 nitrogen and oxygen atoms in total. The van der Waals surface area contributed by atoms with E-state index in [0.717, 1.165) is 17.7 Å². The van der Waals surface area contributed by atoms with Gasteiger partial charge < -0.3 is 10.5 Å². The second-order valence-corrected chi connectivity index (χ2v) is 5.34. The molecule has 1 heterocycles. The summed E-state index contributed by atoms with van der Waals surface area (Å²) in [5.74, 6) is 1.35. The molecule has 0 spiro atoms. The van der Waals surface area contributed by atoms with Gasteiger partial charge in [0.05, 0.1) is 18.0 Å². The Hall–Kier alpha value is -2.03. The van der Waals surface area contributed by atoms with E-state index in [-0.39, 0.29) is 0 Å². The molecule has 0 saturated heterocycles.